The summed E-state index contributed by atoms with van der Waals surface area (Å²) in [4.78, 5) is 23.9. The number of sulfonamides is 1. The van der Waals surface area contributed by atoms with Gasteiger partial charge in [0.1, 0.15) is 5.82 Å². The SMILES string of the molecule is CC(=O)Nc1ccc(C)cc1NC(=O)c1ccc(S(=O)(=O)Nc2ccccc2F)cc1. The highest BCUT2D eigenvalue weighted by molar-refractivity contribution is 7.92. The van der Waals surface area contributed by atoms with Gasteiger partial charge in [0.05, 0.1) is 22.0 Å². The van der Waals surface area contributed by atoms with Crippen molar-refractivity contribution < 1.29 is 22.4 Å². The molecule has 0 bridgehead atoms. The Hall–Kier alpha value is -3.72. The van der Waals surface area contributed by atoms with Gasteiger partial charge in [-0.25, -0.2) is 12.8 Å². The zero-order valence-electron chi connectivity index (χ0n) is 16.8. The number of anilines is 3. The molecule has 0 aliphatic heterocycles. The summed E-state index contributed by atoms with van der Waals surface area (Å²) in [6.07, 6.45) is 0. The van der Waals surface area contributed by atoms with Gasteiger partial charge in [0, 0.05) is 12.5 Å². The highest BCUT2D eigenvalue weighted by Crippen LogP contribution is 2.24. The molecular weight excluding hydrogens is 421 g/mol. The van der Waals surface area contributed by atoms with E-state index < -0.39 is 21.7 Å². The van der Waals surface area contributed by atoms with Gasteiger partial charge in [-0.05, 0) is 61.0 Å². The zero-order valence-corrected chi connectivity index (χ0v) is 17.6. The number of carbonyl (C=O) groups excluding carboxylic acids is 2. The van der Waals surface area contributed by atoms with Gasteiger partial charge in [-0.15, -0.1) is 0 Å². The molecular formula is C22H20FN3O4S. The van der Waals surface area contributed by atoms with Gasteiger partial charge >= 0.3 is 0 Å². The first-order chi connectivity index (χ1) is 14.7. The van der Waals surface area contributed by atoms with Crippen molar-refractivity contribution in [2.24, 2.45) is 0 Å². The molecule has 0 aliphatic carbocycles. The molecule has 0 saturated heterocycles. The summed E-state index contributed by atoms with van der Waals surface area (Å²) >= 11 is 0. The maximum Gasteiger partial charge on any atom is 0.261 e. The quantitative estimate of drug-likeness (QED) is 0.535. The van der Waals surface area contributed by atoms with Crippen LogP contribution >= 0.6 is 0 Å². The van der Waals surface area contributed by atoms with Crippen molar-refractivity contribution in [2.75, 3.05) is 15.4 Å². The lowest BCUT2D eigenvalue weighted by Crippen LogP contribution is -2.16. The second-order valence-electron chi connectivity index (χ2n) is 6.79. The number of rotatable bonds is 6. The van der Waals surface area contributed by atoms with E-state index in [2.05, 4.69) is 15.4 Å². The van der Waals surface area contributed by atoms with E-state index in [4.69, 9.17) is 0 Å². The van der Waals surface area contributed by atoms with Crippen LogP contribution in [-0.4, -0.2) is 20.2 Å². The van der Waals surface area contributed by atoms with E-state index in [1.165, 1.54) is 49.4 Å². The summed E-state index contributed by atoms with van der Waals surface area (Å²) in [6.45, 7) is 3.20. The third-order valence-corrected chi connectivity index (χ3v) is 5.66. The normalized spacial score (nSPS) is 10.9. The maximum absolute atomic E-state index is 13.7. The van der Waals surface area contributed by atoms with Crippen molar-refractivity contribution >= 4 is 38.9 Å². The van der Waals surface area contributed by atoms with Crippen LogP contribution in [0.5, 0.6) is 0 Å². The molecule has 3 N–H and O–H groups in total. The van der Waals surface area contributed by atoms with Crippen LogP contribution in [0.2, 0.25) is 0 Å². The van der Waals surface area contributed by atoms with Crippen molar-refractivity contribution in [3.8, 4) is 0 Å². The van der Waals surface area contributed by atoms with Crippen molar-refractivity contribution in [2.45, 2.75) is 18.7 Å². The first kappa shape index (κ1) is 22.0. The van der Waals surface area contributed by atoms with Crippen LogP contribution < -0.4 is 15.4 Å². The van der Waals surface area contributed by atoms with Crippen molar-refractivity contribution in [1.82, 2.24) is 0 Å². The van der Waals surface area contributed by atoms with Gasteiger partial charge < -0.3 is 10.6 Å². The van der Waals surface area contributed by atoms with Crippen molar-refractivity contribution in [3.63, 3.8) is 0 Å². The number of hydrogen-bond donors (Lipinski definition) is 3. The van der Waals surface area contributed by atoms with Gasteiger partial charge in [-0.2, -0.15) is 0 Å². The first-order valence-electron chi connectivity index (χ1n) is 9.23. The van der Waals surface area contributed by atoms with Gasteiger partial charge in [0.15, 0.2) is 0 Å². The minimum atomic E-state index is -4.03. The standard InChI is InChI=1S/C22H20FN3O4S/c1-14-7-12-20(24-15(2)27)21(13-14)25-22(28)16-8-10-17(11-9-16)31(29,30)26-19-6-4-3-5-18(19)23/h3-13,26H,1-2H3,(H,24,27)(H,25,28). The predicted molar refractivity (Wildman–Crippen MR) is 117 cm³/mol. The van der Waals surface area contributed by atoms with E-state index >= 15 is 0 Å². The molecule has 31 heavy (non-hydrogen) atoms. The zero-order chi connectivity index (χ0) is 22.6. The summed E-state index contributed by atoms with van der Waals surface area (Å²) in [7, 11) is -4.03. The van der Waals surface area contributed by atoms with Crippen molar-refractivity contribution in [1.29, 1.82) is 0 Å². The number of nitrogens with one attached hydrogen (secondary N) is 3. The summed E-state index contributed by atoms with van der Waals surface area (Å²) in [5.74, 6) is -1.46. The Bertz CT molecular complexity index is 1240. The Labute approximate surface area is 179 Å². The molecule has 3 aromatic rings. The van der Waals surface area contributed by atoms with Gasteiger partial charge in [0.2, 0.25) is 5.91 Å². The average Bonchev–Trinajstić information content (AvgIpc) is 2.71. The molecule has 0 atom stereocenters. The molecule has 0 aliphatic rings. The number of halogens is 1. The Kier molecular flexibility index (Phi) is 6.36. The van der Waals surface area contributed by atoms with Crippen LogP contribution in [0.25, 0.3) is 0 Å². The number of aryl methyl sites for hydroxylation is 1. The fourth-order valence-corrected chi connectivity index (χ4v) is 3.86. The lowest BCUT2D eigenvalue weighted by atomic mass is 10.1. The van der Waals surface area contributed by atoms with E-state index in [-0.39, 0.29) is 22.1 Å². The molecule has 0 aromatic heterocycles. The van der Waals surface area contributed by atoms with E-state index in [0.29, 0.717) is 11.4 Å². The number of carbonyl (C=O) groups is 2. The Morgan fingerprint density at radius 1 is 0.839 bits per heavy atom. The molecule has 0 fully saturated rings. The highest BCUT2D eigenvalue weighted by atomic mass is 32.2. The van der Waals surface area contributed by atoms with E-state index in [1.807, 2.05) is 6.92 Å². The predicted octanol–water partition coefficient (Wildman–Crippen LogP) is 4.15. The average molecular weight is 441 g/mol. The van der Waals surface area contributed by atoms with Gasteiger partial charge in [0.25, 0.3) is 15.9 Å². The summed E-state index contributed by atoms with van der Waals surface area (Å²) in [5, 5.41) is 5.35. The van der Waals surface area contributed by atoms with Gasteiger partial charge in [-0.3, -0.25) is 14.3 Å². The Balaban J connectivity index is 1.79. The van der Waals surface area contributed by atoms with Crippen LogP contribution in [0.15, 0.2) is 71.6 Å². The second kappa shape index (κ2) is 8.97. The number of para-hydroxylation sites is 1. The monoisotopic (exact) mass is 441 g/mol. The van der Waals surface area contributed by atoms with E-state index in [9.17, 15) is 22.4 Å². The lowest BCUT2D eigenvalue weighted by Gasteiger charge is -2.13. The van der Waals surface area contributed by atoms with E-state index in [1.54, 1.807) is 18.2 Å². The minimum absolute atomic E-state index is 0.123. The largest absolute Gasteiger partial charge is 0.325 e. The molecule has 0 spiro atoms. The van der Waals surface area contributed by atoms with Gasteiger partial charge in [-0.1, -0.05) is 18.2 Å². The first-order valence-corrected chi connectivity index (χ1v) is 10.7. The van der Waals surface area contributed by atoms with Crippen molar-refractivity contribution in [3.05, 3.63) is 83.7 Å². The third-order valence-electron chi connectivity index (χ3n) is 4.28. The van der Waals surface area contributed by atoms with Crippen LogP contribution in [-0.2, 0) is 14.8 Å². The topological polar surface area (TPSA) is 104 Å². The molecule has 3 aromatic carbocycles. The fourth-order valence-electron chi connectivity index (χ4n) is 2.79. The molecule has 2 amide bonds. The minimum Gasteiger partial charge on any atom is -0.325 e. The molecule has 9 heteroatoms. The Morgan fingerprint density at radius 3 is 2.16 bits per heavy atom. The molecule has 0 radical (unpaired) electrons. The second-order valence-corrected chi connectivity index (χ2v) is 8.48. The summed E-state index contributed by atoms with van der Waals surface area (Å²) in [6, 6.07) is 15.8. The summed E-state index contributed by atoms with van der Waals surface area (Å²) in [5.41, 5.74) is 1.78. The van der Waals surface area contributed by atoms with Crippen LogP contribution in [0.1, 0.15) is 22.8 Å². The summed E-state index contributed by atoms with van der Waals surface area (Å²) < 4.78 is 40.9. The third kappa shape index (κ3) is 5.46. The molecule has 3 rings (SSSR count). The Morgan fingerprint density at radius 2 is 1.52 bits per heavy atom. The van der Waals surface area contributed by atoms with Crippen LogP contribution in [0, 0.1) is 12.7 Å². The fraction of sp³-hybridized carbons (Fsp3) is 0.0909. The molecule has 160 valence electrons. The smallest absolute Gasteiger partial charge is 0.261 e. The van der Waals surface area contributed by atoms with Crippen LogP contribution in [0.4, 0.5) is 21.5 Å². The molecule has 7 nitrogen and oxygen atoms in total. The molecule has 0 heterocycles. The highest BCUT2D eigenvalue weighted by Gasteiger charge is 2.17. The lowest BCUT2D eigenvalue weighted by molar-refractivity contribution is -0.114. The van der Waals surface area contributed by atoms with Crippen LogP contribution in [0.3, 0.4) is 0 Å². The number of hydrogen-bond acceptors (Lipinski definition) is 4. The maximum atomic E-state index is 13.7. The molecule has 0 saturated carbocycles. The number of amides is 2. The molecule has 0 unspecified atom stereocenters. The van der Waals surface area contributed by atoms with E-state index in [0.717, 1.165) is 11.6 Å². The number of benzene rings is 3.